The molecular weight excluding hydrogens is 264 g/mol. The highest BCUT2D eigenvalue weighted by Crippen LogP contribution is 2.29. The summed E-state index contributed by atoms with van der Waals surface area (Å²) in [6, 6.07) is 0.660. The number of aromatic nitrogens is 2. The van der Waals surface area contributed by atoms with Gasteiger partial charge in [-0.25, -0.2) is 4.98 Å². The number of nitrogens with one attached hydrogen (secondary N) is 1. The Hall–Kier alpha value is -1.07. The first-order chi connectivity index (χ1) is 10.3. The van der Waals surface area contributed by atoms with E-state index in [1.165, 1.54) is 31.0 Å². The SMILES string of the molecule is CCc1cn(CCCOC)c(N2C[C@@H]3CCCN[C@@H]3C2)n1. The van der Waals surface area contributed by atoms with Gasteiger partial charge in [0.05, 0.1) is 5.69 Å². The van der Waals surface area contributed by atoms with Gasteiger partial charge in [0.15, 0.2) is 0 Å². The maximum Gasteiger partial charge on any atom is 0.205 e. The quantitative estimate of drug-likeness (QED) is 0.810. The lowest BCUT2D eigenvalue weighted by atomic mass is 9.94. The Balaban J connectivity index is 1.72. The van der Waals surface area contributed by atoms with Crippen molar-refractivity contribution in [2.24, 2.45) is 5.92 Å². The number of fused-ring (bicyclic) bond motifs is 1. The van der Waals surface area contributed by atoms with Crippen LogP contribution in [0.25, 0.3) is 0 Å². The molecule has 118 valence electrons. The van der Waals surface area contributed by atoms with Gasteiger partial charge in [0, 0.05) is 45.6 Å². The van der Waals surface area contributed by atoms with E-state index in [4.69, 9.17) is 9.72 Å². The Morgan fingerprint density at radius 3 is 3.10 bits per heavy atom. The van der Waals surface area contributed by atoms with Crippen molar-refractivity contribution in [1.82, 2.24) is 14.9 Å². The van der Waals surface area contributed by atoms with Crippen molar-refractivity contribution in [3.05, 3.63) is 11.9 Å². The summed E-state index contributed by atoms with van der Waals surface area (Å²) in [5, 5.41) is 3.67. The third-order valence-electron chi connectivity index (χ3n) is 4.80. The molecule has 0 saturated carbocycles. The number of imidazole rings is 1. The monoisotopic (exact) mass is 292 g/mol. The highest BCUT2D eigenvalue weighted by atomic mass is 16.5. The lowest BCUT2D eigenvalue weighted by Crippen LogP contribution is -2.40. The standard InChI is InChI=1S/C16H28N4O/c1-3-14-11-19(8-5-9-21-2)16(18-14)20-10-13-6-4-7-17-15(13)12-20/h11,13,15,17H,3-10,12H2,1-2H3/t13-,15+/m0/s1. The summed E-state index contributed by atoms with van der Waals surface area (Å²) in [7, 11) is 1.77. The molecule has 0 bridgehead atoms. The number of methoxy groups -OCH3 is 1. The highest BCUT2D eigenvalue weighted by Gasteiger charge is 2.35. The summed E-state index contributed by atoms with van der Waals surface area (Å²) in [4.78, 5) is 7.35. The Morgan fingerprint density at radius 2 is 2.33 bits per heavy atom. The molecule has 0 unspecified atom stereocenters. The van der Waals surface area contributed by atoms with Gasteiger partial charge in [-0.05, 0) is 38.1 Å². The first-order valence-electron chi connectivity index (χ1n) is 8.35. The fourth-order valence-electron chi connectivity index (χ4n) is 3.64. The molecule has 1 aromatic heterocycles. The summed E-state index contributed by atoms with van der Waals surface area (Å²) in [6.07, 6.45) is 6.95. The number of hydrogen-bond acceptors (Lipinski definition) is 4. The van der Waals surface area contributed by atoms with Gasteiger partial charge >= 0.3 is 0 Å². The molecule has 21 heavy (non-hydrogen) atoms. The molecule has 1 aromatic rings. The molecule has 2 fully saturated rings. The van der Waals surface area contributed by atoms with Crippen LogP contribution in [0.3, 0.4) is 0 Å². The molecule has 5 heteroatoms. The van der Waals surface area contributed by atoms with E-state index in [9.17, 15) is 0 Å². The van der Waals surface area contributed by atoms with Crippen LogP contribution in [0.2, 0.25) is 0 Å². The van der Waals surface area contributed by atoms with Crippen molar-refractivity contribution in [3.8, 4) is 0 Å². The first kappa shape index (κ1) is 14.9. The molecule has 3 heterocycles. The summed E-state index contributed by atoms with van der Waals surface area (Å²) >= 11 is 0. The van der Waals surface area contributed by atoms with E-state index in [1.807, 2.05) is 0 Å². The Bertz CT molecular complexity index is 445. The highest BCUT2D eigenvalue weighted by molar-refractivity contribution is 5.36. The topological polar surface area (TPSA) is 42.3 Å². The maximum atomic E-state index is 5.18. The van der Waals surface area contributed by atoms with Gasteiger partial charge in [0.2, 0.25) is 5.95 Å². The lowest BCUT2D eigenvalue weighted by Gasteiger charge is -2.24. The largest absolute Gasteiger partial charge is 0.385 e. The lowest BCUT2D eigenvalue weighted by molar-refractivity contribution is 0.190. The van der Waals surface area contributed by atoms with E-state index in [0.717, 1.165) is 45.0 Å². The molecule has 1 N–H and O–H groups in total. The van der Waals surface area contributed by atoms with E-state index >= 15 is 0 Å². The molecule has 0 aliphatic carbocycles. The van der Waals surface area contributed by atoms with Crippen LogP contribution in [-0.2, 0) is 17.7 Å². The minimum absolute atomic E-state index is 0.660. The average Bonchev–Trinajstić information content (AvgIpc) is 3.10. The van der Waals surface area contributed by atoms with Crippen LogP contribution >= 0.6 is 0 Å². The zero-order valence-corrected chi connectivity index (χ0v) is 13.3. The molecular formula is C16H28N4O. The molecule has 5 nitrogen and oxygen atoms in total. The summed E-state index contributed by atoms with van der Waals surface area (Å²) in [6.45, 7) is 7.42. The number of nitrogens with zero attached hydrogens (tertiary/aromatic N) is 3. The second-order valence-corrected chi connectivity index (χ2v) is 6.29. The van der Waals surface area contributed by atoms with E-state index in [-0.39, 0.29) is 0 Å². The van der Waals surface area contributed by atoms with Crippen molar-refractivity contribution < 1.29 is 4.74 Å². The average molecular weight is 292 g/mol. The van der Waals surface area contributed by atoms with Crippen molar-refractivity contribution in [1.29, 1.82) is 0 Å². The van der Waals surface area contributed by atoms with Gasteiger partial charge in [-0.2, -0.15) is 0 Å². The van der Waals surface area contributed by atoms with E-state index in [2.05, 4.69) is 27.9 Å². The third-order valence-corrected chi connectivity index (χ3v) is 4.80. The number of rotatable bonds is 6. The zero-order valence-electron chi connectivity index (χ0n) is 13.3. The van der Waals surface area contributed by atoms with Gasteiger partial charge in [-0.1, -0.05) is 6.92 Å². The number of anilines is 1. The second-order valence-electron chi connectivity index (χ2n) is 6.29. The van der Waals surface area contributed by atoms with Crippen LogP contribution in [-0.4, -0.2) is 48.9 Å². The predicted octanol–water partition coefficient (Wildman–Crippen LogP) is 1.67. The van der Waals surface area contributed by atoms with Crippen LogP contribution in [0.15, 0.2) is 6.20 Å². The number of ether oxygens (including phenoxy) is 1. The molecule has 2 aliphatic rings. The first-order valence-corrected chi connectivity index (χ1v) is 8.35. The molecule has 2 aliphatic heterocycles. The predicted molar refractivity (Wildman–Crippen MR) is 84.8 cm³/mol. The van der Waals surface area contributed by atoms with Crippen LogP contribution in [0.4, 0.5) is 5.95 Å². The van der Waals surface area contributed by atoms with Crippen molar-refractivity contribution in [3.63, 3.8) is 0 Å². The van der Waals surface area contributed by atoms with Gasteiger partial charge in [0.25, 0.3) is 0 Å². The van der Waals surface area contributed by atoms with Crippen LogP contribution in [0, 0.1) is 5.92 Å². The molecule has 2 saturated heterocycles. The fraction of sp³-hybridized carbons (Fsp3) is 0.812. The fourth-order valence-corrected chi connectivity index (χ4v) is 3.64. The van der Waals surface area contributed by atoms with Crippen molar-refractivity contribution in [2.45, 2.75) is 45.2 Å². The Kier molecular flexibility index (Phi) is 4.80. The minimum atomic E-state index is 0.660. The minimum Gasteiger partial charge on any atom is -0.385 e. The summed E-state index contributed by atoms with van der Waals surface area (Å²) in [5.74, 6) is 1.96. The molecule has 0 spiro atoms. The van der Waals surface area contributed by atoms with Gasteiger partial charge in [0.1, 0.15) is 0 Å². The smallest absolute Gasteiger partial charge is 0.205 e. The van der Waals surface area contributed by atoms with E-state index < -0.39 is 0 Å². The maximum absolute atomic E-state index is 5.18. The van der Waals surface area contributed by atoms with Gasteiger partial charge in [-0.3, -0.25) is 0 Å². The number of hydrogen-bond donors (Lipinski definition) is 1. The number of aryl methyl sites for hydroxylation is 2. The van der Waals surface area contributed by atoms with Crippen LogP contribution in [0.5, 0.6) is 0 Å². The van der Waals surface area contributed by atoms with Crippen molar-refractivity contribution >= 4 is 5.95 Å². The number of piperidine rings is 1. The van der Waals surface area contributed by atoms with E-state index in [0.29, 0.717) is 6.04 Å². The Labute approximate surface area is 127 Å². The summed E-state index contributed by atoms with van der Waals surface area (Å²) in [5.41, 5.74) is 1.20. The van der Waals surface area contributed by atoms with E-state index in [1.54, 1.807) is 7.11 Å². The molecule has 0 radical (unpaired) electrons. The van der Waals surface area contributed by atoms with Gasteiger partial charge in [-0.15, -0.1) is 0 Å². The van der Waals surface area contributed by atoms with Crippen molar-refractivity contribution in [2.75, 3.05) is 38.3 Å². The Morgan fingerprint density at radius 1 is 1.43 bits per heavy atom. The normalized spacial score (nSPS) is 25.3. The van der Waals surface area contributed by atoms with Crippen LogP contribution < -0.4 is 10.2 Å². The molecule has 2 atom stereocenters. The van der Waals surface area contributed by atoms with Gasteiger partial charge < -0.3 is 19.5 Å². The second kappa shape index (κ2) is 6.79. The summed E-state index contributed by atoms with van der Waals surface area (Å²) < 4.78 is 7.51. The van der Waals surface area contributed by atoms with Crippen LogP contribution in [0.1, 0.15) is 31.9 Å². The zero-order chi connectivity index (χ0) is 14.7. The molecule has 0 amide bonds. The molecule has 0 aromatic carbocycles. The molecule has 3 rings (SSSR count). The third kappa shape index (κ3) is 3.24.